The molecule has 0 spiro atoms. The van der Waals surface area contributed by atoms with Crippen molar-refractivity contribution in [1.82, 2.24) is 10.6 Å². The molecule has 2 N–H and O–H groups in total. The van der Waals surface area contributed by atoms with Crippen LogP contribution in [0.15, 0.2) is 4.99 Å². The van der Waals surface area contributed by atoms with Crippen LogP contribution in [0.1, 0.15) is 12.8 Å². The zero-order valence-electron chi connectivity index (χ0n) is 11.7. The fourth-order valence-corrected chi connectivity index (χ4v) is 1.74. The van der Waals surface area contributed by atoms with Gasteiger partial charge in [-0.05, 0) is 12.8 Å². The van der Waals surface area contributed by atoms with Gasteiger partial charge >= 0.3 is 0 Å². The highest BCUT2D eigenvalue weighted by Gasteiger charge is 2.15. The lowest BCUT2D eigenvalue weighted by Gasteiger charge is -2.12. The summed E-state index contributed by atoms with van der Waals surface area (Å²) in [6.45, 7) is 3.26. The van der Waals surface area contributed by atoms with Crippen molar-refractivity contribution in [1.29, 1.82) is 0 Å². The minimum atomic E-state index is -2.38. The van der Waals surface area contributed by atoms with Gasteiger partial charge in [0.2, 0.25) is 0 Å². The van der Waals surface area contributed by atoms with E-state index in [1.165, 1.54) is 0 Å². The maximum atomic E-state index is 12.0. The lowest BCUT2D eigenvalue weighted by Crippen LogP contribution is -2.40. The number of alkyl halides is 2. The minimum absolute atomic E-state index is 0. The van der Waals surface area contributed by atoms with Crippen molar-refractivity contribution < 1.29 is 18.3 Å². The summed E-state index contributed by atoms with van der Waals surface area (Å²) in [5.41, 5.74) is 0. The second-order valence-corrected chi connectivity index (χ2v) is 4.43. The summed E-state index contributed by atoms with van der Waals surface area (Å²) in [6.07, 6.45) is -0.499. The fourth-order valence-electron chi connectivity index (χ4n) is 1.74. The van der Waals surface area contributed by atoms with Gasteiger partial charge in [0.25, 0.3) is 6.43 Å². The third-order valence-corrected chi connectivity index (χ3v) is 2.78. The van der Waals surface area contributed by atoms with Gasteiger partial charge in [0.05, 0.1) is 19.8 Å². The number of nitrogens with zero attached hydrogens (tertiary/aromatic N) is 1. The first kappa shape index (κ1) is 19.8. The molecule has 0 aliphatic carbocycles. The van der Waals surface area contributed by atoms with Gasteiger partial charge in [-0.1, -0.05) is 0 Å². The average molecular weight is 407 g/mol. The molecular weight excluding hydrogens is 383 g/mol. The Bertz CT molecular complexity index is 265. The number of nitrogens with one attached hydrogen (secondary N) is 2. The monoisotopic (exact) mass is 407 g/mol. The predicted octanol–water partition coefficient (Wildman–Crippen LogP) is 1.48. The molecule has 8 heteroatoms. The van der Waals surface area contributed by atoms with E-state index in [0.717, 1.165) is 32.7 Å². The highest BCUT2D eigenvalue weighted by molar-refractivity contribution is 14.0. The number of halogens is 3. The largest absolute Gasteiger partial charge is 0.381 e. The van der Waals surface area contributed by atoms with Gasteiger partial charge in [-0.2, -0.15) is 0 Å². The SMILES string of the molecule is CN=C(NCCCOCC1CCOC1)NCC(F)F.I. The Morgan fingerprint density at radius 2 is 2.25 bits per heavy atom. The summed E-state index contributed by atoms with van der Waals surface area (Å²) < 4.78 is 34.8. The van der Waals surface area contributed by atoms with E-state index in [1.54, 1.807) is 7.05 Å². The number of ether oxygens (including phenoxy) is 2. The van der Waals surface area contributed by atoms with E-state index < -0.39 is 13.0 Å². The van der Waals surface area contributed by atoms with Crippen molar-refractivity contribution >= 4 is 29.9 Å². The topological polar surface area (TPSA) is 54.9 Å². The lowest BCUT2D eigenvalue weighted by atomic mass is 10.1. The summed E-state index contributed by atoms with van der Waals surface area (Å²) in [5, 5.41) is 5.49. The van der Waals surface area contributed by atoms with E-state index in [-0.39, 0.29) is 24.0 Å². The molecule has 1 atom stereocenters. The smallest absolute Gasteiger partial charge is 0.255 e. The summed E-state index contributed by atoms with van der Waals surface area (Å²) in [6, 6.07) is 0. The summed E-state index contributed by atoms with van der Waals surface area (Å²) >= 11 is 0. The fraction of sp³-hybridized carbons (Fsp3) is 0.917. The van der Waals surface area contributed by atoms with Crippen LogP contribution >= 0.6 is 24.0 Å². The molecule has 1 unspecified atom stereocenters. The normalized spacial score (nSPS) is 19.0. The first-order chi connectivity index (χ1) is 9.22. The summed E-state index contributed by atoms with van der Waals surface area (Å²) in [4.78, 5) is 3.84. The van der Waals surface area contributed by atoms with Crippen LogP contribution in [-0.4, -0.2) is 58.9 Å². The number of rotatable bonds is 8. The number of aliphatic imine (C=N–C) groups is 1. The van der Waals surface area contributed by atoms with Gasteiger partial charge in [-0.3, -0.25) is 4.99 Å². The number of guanidine groups is 1. The third kappa shape index (κ3) is 9.65. The molecule has 0 aromatic rings. The van der Waals surface area contributed by atoms with Crippen LogP contribution in [0.4, 0.5) is 8.78 Å². The second-order valence-electron chi connectivity index (χ2n) is 4.43. The zero-order chi connectivity index (χ0) is 13.9. The van der Waals surface area contributed by atoms with Gasteiger partial charge < -0.3 is 20.1 Å². The highest BCUT2D eigenvalue weighted by atomic mass is 127. The quantitative estimate of drug-likeness (QED) is 0.277. The molecule has 1 fully saturated rings. The van der Waals surface area contributed by atoms with Crippen LogP contribution in [0.3, 0.4) is 0 Å². The van der Waals surface area contributed by atoms with Crippen molar-refractivity contribution in [3.8, 4) is 0 Å². The van der Waals surface area contributed by atoms with Crippen LogP contribution in [-0.2, 0) is 9.47 Å². The Morgan fingerprint density at radius 3 is 2.85 bits per heavy atom. The molecule has 5 nitrogen and oxygen atoms in total. The molecule has 0 aromatic heterocycles. The van der Waals surface area contributed by atoms with E-state index in [2.05, 4.69) is 15.6 Å². The predicted molar refractivity (Wildman–Crippen MR) is 85.1 cm³/mol. The minimum Gasteiger partial charge on any atom is -0.381 e. The van der Waals surface area contributed by atoms with Gasteiger partial charge in [0, 0.05) is 32.7 Å². The summed E-state index contributed by atoms with van der Waals surface area (Å²) in [5.74, 6) is 0.915. The van der Waals surface area contributed by atoms with E-state index in [1.807, 2.05) is 0 Å². The first-order valence-corrected chi connectivity index (χ1v) is 6.60. The van der Waals surface area contributed by atoms with Crippen LogP contribution in [0.25, 0.3) is 0 Å². The third-order valence-electron chi connectivity index (χ3n) is 2.78. The number of hydrogen-bond donors (Lipinski definition) is 2. The van der Waals surface area contributed by atoms with Crippen LogP contribution in [0.5, 0.6) is 0 Å². The Kier molecular flexibility index (Phi) is 12.4. The maximum Gasteiger partial charge on any atom is 0.255 e. The number of hydrogen-bond acceptors (Lipinski definition) is 3. The lowest BCUT2D eigenvalue weighted by molar-refractivity contribution is 0.0887. The molecule has 0 saturated carbocycles. The molecule has 1 heterocycles. The van der Waals surface area contributed by atoms with Gasteiger partial charge in [0.1, 0.15) is 0 Å². The van der Waals surface area contributed by atoms with Gasteiger partial charge in [-0.25, -0.2) is 8.78 Å². The van der Waals surface area contributed by atoms with Crippen molar-refractivity contribution in [3.05, 3.63) is 0 Å². The molecule has 0 bridgehead atoms. The highest BCUT2D eigenvalue weighted by Crippen LogP contribution is 2.12. The average Bonchev–Trinajstić information content (AvgIpc) is 2.90. The van der Waals surface area contributed by atoms with Gasteiger partial charge in [0.15, 0.2) is 5.96 Å². The Morgan fingerprint density at radius 1 is 1.45 bits per heavy atom. The van der Waals surface area contributed by atoms with Crippen molar-refractivity contribution in [2.75, 3.05) is 46.6 Å². The van der Waals surface area contributed by atoms with E-state index in [9.17, 15) is 8.78 Å². The standard InChI is InChI=1S/C12H23F2N3O2.HI/c1-15-12(17-7-11(13)14)16-4-2-5-18-8-10-3-6-19-9-10;/h10-11H,2-9H2,1H3,(H2,15,16,17);1H. The van der Waals surface area contributed by atoms with Crippen LogP contribution in [0.2, 0.25) is 0 Å². The summed E-state index contributed by atoms with van der Waals surface area (Å²) in [7, 11) is 1.55. The molecule has 1 aliphatic heterocycles. The molecule has 0 amide bonds. The molecule has 120 valence electrons. The maximum absolute atomic E-state index is 12.0. The van der Waals surface area contributed by atoms with E-state index >= 15 is 0 Å². The van der Waals surface area contributed by atoms with Crippen molar-refractivity contribution in [3.63, 3.8) is 0 Å². The molecular formula is C12H24F2IN3O2. The molecule has 1 saturated heterocycles. The van der Waals surface area contributed by atoms with Crippen molar-refractivity contribution in [2.24, 2.45) is 10.9 Å². The first-order valence-electron chi connectivity index (χ1n) is 6.60. The van der Waals surface area contributed by atoms with Crippen LogP contribution < -0.4 is 10.6 Å². The van der Waals surface area contributed by atoms with Crippen LogP contribution in [0, 0.1) is 5.92 Å². The van der Waals surface area contributed by atoms with E-state index in [0.29, 0.717) is 25.0 Å². The van der Waals surface area contributed by atoms with E-state index in [4.69, 9.17) is 9.47 Å². The van der Waals surface area contributed by atoms with Gasteiger partial charge in [-0.15, -0.1) is 24.0 Å². The zero-order valence-corrected chi connectivity index (χ0v) is 14.1. The second kappa shape index (κ2) is 12.5. The molecule has 0 aromatic carbocycles. The Labute approximate surface area is 135 Å². The molecule has 20 heavy (non-hydrogen) atoms. The Hall–Kier alpha value is -0.220. The van der Waals surface area contributed by atoms with Crippen molar-refractivity contribution in [2.45, 2.75) is 19.3 Å². The molecule has 1 aliphatic rings. The molecule has 1 rings (SSSR count). The molecule has 0 radical (unpaired) electrons. The Balaban J connectivity index is 0.00000361.